The van der Waals surface area contributed by atoms with E-state index in [9.17, 15) is 13.6 Å². The molecule has 0 saturated heterocycles. The highest BCUT2D eigenvalue weighted by Crippen LogP contribution is 2.28. The standard InChI is InChI=1S/C10H10ClF2NO2/c1-6(15)14-2-3-16-9-5-7(12)4-8(13)10(9)11/h4-5H,2-3H2,1H3,(H,14,15). The molecule has 0 saturated carbocycles. The molecule has 0 spiro atoms. The molecule has 1 aromatic rings. The molecule has 0 atom stereocenters. The van der Waals surface area contributed by atoms with Crippen LogP contribution in [0.25, 0.3) is 0 Å². The van der Waals surface area contributed by atoms with Crippen LogP contribution in [-0.4, -0.2) is 19.1 Å². The minimum absolute atomic E-state index is 0.0791. The Balaban J connectivity index is 2.57. The van der Waals surface area contributed by atoms with Gasteiger partial charge in [0.05, 0.1) is 6.54 Å². The summed E-state index contributed by atoms with van der Waals surface area (Å²) in [5.41, 5.74) is 0. The van der Waals surface area contributed by atoms with Crippen molar-refractivity contribution in [3.8, 4) is 5.75 Å². The first kappa shape index (κ1) is 12.7. The Kier molecular flexibility index (Phi) is 4.49. The van der Waals surface area contributed by atoms with E-state index in [1.807, 2.05) is 0 Å². The molecule has 0 heterocycles. The van der Waals surface area contributed by atoms with E-state index >= 15 is 0 Å². The van der Waals surface area contributed by atoms with E-state index in [0.717, 1.165) is 6.07 Å². The highest BCUT2D eigenvalue weighted by molar-refractivity contribution is 6.32. The lowest BCUT2D eigenvalue weighted by Gasteiger charge is -2.08. The van der Waals surface area contributed by atoms with E-state index in [2.05, 4.69) is 5.32 Å². The first-order valence-electron chi connectivity index (χ1n) is 4.52. The summed E-state index contributed by atoms with van der Waals surface area (Å²) >= 11 is 5.55. The van der Waals surface area contributed by atoms with Crippen LogP contribution in [0.1, 0.15) is 6.92 Å². The zero-order chi connectivity index (χ0) is 12.1. The Bertz CT molecular complexity index is 399. The Labute approximate surface area is 96.4 Å². The molecule has 1 N–H and O–H groups in total. The molecule has 1 amide bonds. The normalized spacial score (nSPS) is 10.0. The van der Waals surface area contributed by atoms with Gasteiger partial charge in [0, 0.05) is 19.1 Å². The van der Waals surface area contributed by atoms with Gasteiger partial charge >= 0.3 is 0 Å². The molecular weight excluding hydrogens is 240 g/mol. The van der Waals surface area contributed by atoms with Gasteiger partial charge in [0.1, 0.15) is 29.0 Å². The van der Waals surface area contributed by atoms with Gasteiger partial charge in [-0.15, -0.1) is 0 Å². The van der Waals surface area contributed by atoms with Gasteiger partial charge in [-0.25, -0.2) is 8.78 Å². The summed E-state index contributed by atoms with van der Waals surface area (Å²) in [4.78, 5) is 10.5. The molecule has 0 aliphatic rings. The fourth-order valence-corrected chi connectivity index (χ4v) is 1.19. The predicted molar refractivity (Wildman–Crippen MR) is 55.5 cm³/mol. The topological polar surface area (TPSA) is 38.3 Å². The smallest absolute Gasteiger partial charge is 0.216 e. The van der Waals surface area contributed by atoms with Crippen LogP contribution in [0.2, 0.25) is 5.02 Å². The molecular formula is C10H10ClF2NO2. The summed E-state index contributed by atoms with van der Waals surface area (Å²) in [6.45, 7) is 1.68. The zero-order valence-electron chi connectivity index (χ0n) is 8.52. The molecule has 88 valence electrons. The monoisotopic (exact) mass is 249 g/mol. The van der Waals surface area contributed by atoms with Crippen LogP contribution in [0.3, 0.4) is 0 Å². The number of amides is 1. The Morgan fingerprint density at radius 2 is 2.19 bits per heavy atom. The van der Waals surface area contributed by atoms with Crippen LogP contribution < -0.4 is 10.1 Å². The maximum Gasteiger partial charge on any atom is 0.216 e. The highest BCUT2D eigenvalue weighted by Gasteiger charge is 2.10. The van der Waals surface area contributed by atoms with Crippen molar-refractivity contribution in [3.05, 3.63) is 28.8 Å². The summed E-state index contributed by atoms with van der Waals surface area (Å²) in [5.74, 6) is -1.93. The third-order valence-electron chi connectivity index (χ3n) is 1.69. The third kappa shape index (κ3) is 3.66. The summed E-state index contributed by atoms with van der Waals surface area (Å²) < 4.78 is 30.8. The number of halogens is 3. The molecule has 0 aliphatic carbocycles. The number of benzene rings is 1. The van der Waals surface area contributed by atoms with Crippen LogP contribution in [0, 0.1) is 11.6 Å². The van der Waals surface area contributed by atoms with Crippen LogP contribution >= 0.6 is 11.6 Å². The molecule has 1 rings (SSSR count). The van der Waals surface area contributed by atoms with Gasteiger partial charge in [0.25, 0.3) is 0 Å². The Hall–Kier alpha value is -1.36. The Morgan fingerprint density at radius 3 is 2.81 bits per heavy atom. The lowest BCUT2D eigenvalue weighted by atomic mass is 10.3. The fourth-order valence-electron chi connectivity index (χ4n) is 1.03. The summed E-state index contributed by atoms with van der Waals surface area (Å²) in [5, 5.41) is 2.20. The third-order valence-corrected chi connectivity index (χ3v) is 2.06. The summed E-state index contributed by atoms with van der Waals surface area (Å²) in [6.07, 6.45) is 0. The van der Waals surface area contributed by atoms with Crippen molar-refractivity contribution in [3.63, 3.8) is 0 Å². The van der Waals surface area contributed by atoms with Crippen molar-refractivity contribution in [2.75, 3.05) is 13.2 Å². The van der Waals surface area contributed by atoms with Gasteiger partial charge < -0.3 is 10.1 Å². The average molecular weight is 250 g/mol. The van der Waals surface area contributed by atoms with Gasteiger partial charge in [-0.1, -0.05) is 11.6 Å². The second-order valence-corrected chi connectivity index (χ2v) is 3.41. The number of hydrogen-bond acceptors (Lipinski definition) is 2. The van der Waals surface area contributed by atoms with Gasteiger partial charge in [-0.2, -0.15) is 0 Å². The van der Waals surface area contributed by atoms with E-state index in [1.165, 1.54) is 6.92 Å². The number of carbonyl (C=O) groups excluding carboxylic acids is 1. The van der Waals surface area contributed by atoms with Crippen molar-refractivity contribution in [2.24, 2.45) is 0 Å². The van der Waals surface area contributed by atoms with Gasteiger partial charge in [-0.3, -0.25) is 4.79 Å². The van der Waals surface area contributed by atoms with Crippen molar-refractivity contribution < 1.29 is 18.3 Å². The van der Waals surface area contributed by atoms with E-state index < -0.39 is 11.6 Å². The lowest BCUT2D eigenvalue weighted by Crippen LogP contribution is -2.25. The van der Waals surface area contributed by atoms with Crippen LogP contribution in [-0.2, 0) is 4.79 Å². The van der Waals surface area contributed by atoms with Crippen LogP contribution in [0.5, 0.6) is 5.75 Å². The summed E-state index contributed by atoms with van der Waals surface area (Å²) in [6, 6.07) is 1.65. The minimum Gasteiger partial charge on any atom is -0.490 e. The van der Waals surface area contributed by atoms with Crippen molar-refractivity contribution in [1.29, 1.82) is 0 Å². The maximum absolute atomic E-state index is 13.0. The van der Waals surface area contributed by atoms with Gasteiger partial charge in [-0.05, 0) is 0 Å². The van der Waals surface area contributed by atoms with Gasteiger partial charge in [0.15, 0.2) is 0 Å². The second kappa shape index (κ2) is 5.65. The van der Waals surface area contributed by atoms with Crippen LogP contribution in [0.4, 0.5) is 8.78 Å². The van der Waals surface area contributed by atoms with Crippen LogP contribution in [0.15, 0.2) is 12.1 Å². The SMILES string of the molecule is CC(=O)NCCOc1cc(F)cc(F)c1Cl. The Morgan fingerprint density at radius 1 is 1.50 bits per heavy atom. The zero-order valence-corrected chi connectivity index (χ0v) is 9.28. The number of nitrogens with one attached hydrogen (secondary N) is 1. The molecule has 6 heteroatoms. The maximum atomic E-state index is 13.0. The first-order chi connectivity index (χ1) is 7.50. The molecule has 0 fully saturated rings. The first-order valence-corrected chi connectivity index (χ1v) is 4.90. The molecule has 0 radical (unpaired) electrons. The minimum atomic E-state index is -0.879. The van der Waals surface area contributed by atoms with E-state index in [-0.39, 0.29) is 29.8 Å². The number of hydrogen-bond donors (Lipinski definition) is 1. The molecule has 16 heavy (non-hydrogen) atoms. The number of rotatable bonds is 4. The highest BCUT2D eigenvalue weighted by atomic mass is 35.5. The quantitative estimate of drug-likeness (QED) is 0.656. The van der Waals surface area contributed by atoms with Crippen molar-refractivity contribution >= 4 is 17.5 Å². The average Bonchev–Trinajstić information content (AvgIpc) is 2.19. The molecule has 1 aromatic carbocycles. The fraction of sp³-hybridized carbons (Fsp3) is 0.300. The number of ether oxygens (including phenoxy) is 1. The van der Waals surface area contributed by atoms with Gasteiger partial charge in [0.2, 0.25) is 5.91 Å². The van der Waals surface area contributed by atoms with E-state index in [1.54, 1.807) is 0 Å². The predicted octanol–water partition coefficient (Wildman–Crippen LogP) is 2.13. The molecule has 0 aromatic heterocycles. The second-order valence-electron chi connectivity index (χ2n) is 3.03. The van der Waals surface area contributed by atoms with E-state index in [4.69, 9.17) is 16.3 Å². The van der Waals surface area contributed by atoms with E-state index in [0.29, 0.717) is 6.07 Å². The molecule has 0 unspecified atom stereocenters. The van der Waals surface area contributed by atoms with Crippen molar-refractivity contribution in [1.82, 2.24) is 5.32 Å². The molecule has 0 aliphatic heterocycles. The molecule has 3 nitrogen and oxygen atoms in total. The van der Waals surface area contributed by atoms with Crippen molar-refractivity contribution in [2.45, 2.75) is 6.92 Å². The number of carbonyl (C=O) groups is 1. The lowest BCUT2D eigenvalue weighted by molar-refractivity contribution is -0.119. The molecule has 0 bridgehead atoms. The largest absolute Gasteiger partial charge is 0.490 e. The summed E-state index contributed by atoms with van der Waals surface area (Å²) in [7, 11) is 0.